The minimum absolute atomic E-state index is 0.323. The molecular formula is C21H27N3O3. The second-order valence-electron chi connectivity index (χ2n) is 8.13. The van der Waals surface area contributed by atoms with Crippen molar-refractivity contribution in [1.82, 2.24) is 14.9 Å². The van der Waals surface area contributed by atoms with Crippen LogP contribution in [0, 0.1) is 0 Å². The highest BCUT2D eigenvalue weighted by Gasteiger charge is 2.35. The Morgan fingerprint density at radius 3 is 2.37 bits per heavy atom. The average molecular weight is 369 g/mol. The summed E-state index contributed by atoms with van der Waals surface area (Å²) >= 11 is 0. The fourth-order valence-electron chi connectivity index (χ4n) is 3.15. The van der Waals surface area contributed by atoms with E-state index in [0.29, 0.717) is 32.4 Å². The van der Waals surface area contributed by atoms with Gasteiger partial charge in [-0.25, -0.2) is 4.79 Å². The Morgan fingerprint density at radius 1 is 1.15 bits per heavy atom. The Hall–Kier alpha value is -2.47. The van der Waals surface area contributed by atoms with Gasteiger partial charge in [0.2, 0.25) is 0 Å². The lowest BCUT2D eigenvalue weighted by molar-refractivity contribution is -0.0320. The quantitative estimate of drug-likeness (QED) is 0.897. The van der Waals surface area contributed by atoms with E-state index in [9.17, 15) is 9.90 Å². The summed E-state index contributed by atoms with van der Waals surface area (Å²) in [7, 11) is 0. The van der Waals surface area contributed by atoms with Crippen LogP contribution in [0.2, 0.25) is 0 Å². The number of hydrogen-bond acceptors (Lipinski definition) is 5. The smallest absolute Gasteiger partial charge is 0.410 e. The maximum absolute atomic E-state index is 12.2. The number of carbonyl (C=O) groups is 1. The third-order valence-corrected chi connectivity index (χ3v) is 4.63. The Kier molecular flexibility index (Phi) is 5.46. The van der Waals surface area contributed by atoms with Crippen LogP contribution in [0.5, 0.6) is 0 Å². The van der Waals surface area contributed by atoms with E-state index in [2.05, 4.69) is 9.97 Å². The Labute approximate surface area is 160 Å². The Bertz CT molecular complexity index is 762. The molecule has 0 aliphatic carbocycles. The fourth-order valence-corrected chi connectivity index (χ4v) is 3.15. The van der Waals surface area contributed by atoms with Gasteiger partial charge in [-0.05, 0) is 33.6 Å². The van der Waals surface area contributed by atoms with Crippen LogP contribution in [0.3, 0.4) is 0 Å². The number of benzene rings is 1. The Balaban J connectivity index is 1.58. The molecule has 144 valence electrons. The van der Waals surface area contributed by atoms with Crippen LogP contribution in [0.4, 0.5) is 4.79 Å². The second kappa shape index (κ2) is 7.64. The molecule has 27 heavy (non-hydrogen) atoms. The van der Waals surface area contributed by atoms with E-state index in [0.717, 1.165) is 17.0 Å². The molecule has 3 rings (SSSR count). The maximum atomic E-state index is 12.2. The van der Waals surface area contributed by atoms with E-state index in [4.69, 9.17) is 4.74 Å². The monoisotopic (exact) mass is 369 g/mol. The van der Waals surface area contributed by atoms with Crippen LogP contribution in [0.25, 0.3) is 11.3 Å². The van der Waals surface area contributed by atoms with Crippen molar-refractivity contribution in [2.75, 3.05) is 13.1 Å². The first-order chi connectivity index (χ1) is 12.7. The molecule has 1 N–H and O–H groups in total. The van der Waals surface area contributed by atoms with Crippen molar-refractivity contribution in [3.63, 3.8) is 0 Å². The molecule has 6 nitrogen and oxygen atoms in total. The first kappa shape index (κ1) is 19.3. The molecule has 1 aliphatic rings. The van der Waals surface area contributed by atoms with Crippen LogP contribution in [-0.4, -0.2) is 50.4 Å². The van der Waals surface area contributed by atoms with E-state index in [1.54, 1.807) is 17.3 Å². The average Bonchev–Trinajstić information content (AvgIpc) is 2.62. The third-order valence-electron chi connectivity index (χ3n) is 4.63. The normalized spacial score (nSPS) is 16.8. The molecule has 1 amide bonds. The number of nitrogens with zero attached hydrogens (tertiary/aromatic N) is 3. The van der Waals surface area contributed by atoms with E-state index < -0.39 is 11.2 Å². The molecule has 0 bridgehead atoms. The lowest BCUT2D eigenvalue weighted by Crippen LogP contribution is -2.49. The van der Waals surface area contributed by atoms with Gasteiger partial charge in [0.1, 0.15) is 5.60 Å². The van der Waals surface area contributed by atoms with Gasteiger partial charge in [0.05, 0.1) is 23.2 Å². The molecule has 1 aromatic heterocycles. The van der Waals surface area contributed by atoms with Crippen molar-refractivity contribution in [2.45, 2.75) is 51.2 Å². The predicted octanol–water partition coefficient (Wildman–Crippen LogP) is 3.45. The van der Waals surface area contributed by atoms with Gasteiger partial charge in [-0.1, -0.05) is 30.3 Å². The van der Waals surface area contributed by atoms with Crippen molar-refractivity contribution in [1.29, 1.82) is 0 Å². The standard InChI is InChI=1S/C21H27N3O3/c1-20(2,3)27-19(25)24-11-9-21(26,10-12-24)13-17-14-23-18(15-22-17)16-7-5-4-6-8-16/h4-8,14-15,26H,9-13H2,1-3H3. The molecule has 0 atom stereocenters. The lowest BCUT2D eigenvalue weighted by atomic mass is 9.87. The number of ether oxygens (including phenoxy) is 1. The van der Waals surface area contributed by atoms with E-state index in [1.807, 2.05) is 51.1 Å². The molecule has 0 unspecified atom stereocenters. The number of carbonyl (C=O) groups excluding carboxylic acids is 1. The summed E-state index contributed by atoms with van der Waals surface area (Å²) in [5.41, 5.74) is 1.19. The van der Waals surface area contributed by atoms with Crippen molar-refractivity contribution in [3.05, 3.63) is 48.4 Å². The molecule has 0 radical (unpaired) electrons. The number of amides is 1. The molecule has 1 aliphatic heterocycles. The molecular weight excluding hydrogens is 342 g/mol. The molecule has 0 spiro atoms. The van der Waals surface area contributed by atoms with Crippen molar-refractivity contribution >= 4 is 6.09 Å². The first-order valence-corrected chi connectivity index (χ1v) is 9.31. The first-order valence-electron chi connectivity index (χ1n) is 9.31. The lowest BCUT2D eigenvalue weighted by Gasteiger charge is -2.38. The number of likely N-dealkylation sites (tertiary alicyclic amines) is 1. The topological polar surface area (TPSA) is 75.5 Å². The molecule has 1 saturated heterocycles. The Morgan fingerprint density at radius 2 is 1.81 bits per heavy atom. The van der Waals surface area contributed by atoms with Crippen LogP contribution in [0.1, 0.15) is 39.3 Å². The molecule has 2 heterocycles. The van der Waals surface area contributed by atoms with Gasteiger partial charge in [-0.2, -0.15) is 0 Å². The summed E-state index contributed by atoms with van der Waals surface area (Å²) in [5, 5.41) is 10.9. The number of piperidine rings is 1. The summed E-state index contributed by atoms with van der Waals surface area (Å²) in [6, 6.07) is 9.87. The van der Waals surface area contributed by atoms with Gasteiger partial charge in [-0.15, -0.1) is 0 Å². The highest BCUT2D eigenvalue weighted by Crippen LogP contribution is 2.27. The third kappa shape index (κ3) is 5.26. The molecule has 2 aromatic rings. The number of hydrogen-bond donors (Lipinski definition) is 1. The fraction of sp³-hybridized carbons (Fsp3) is 0.476. The summed E-state index contributed by atoms with van der Waals surface area (Å²) in [6.45, 7) is 6.50. The number of aliphatic hydroxyl groups is 1. The summed E-state index contributed by atoms with van der Waals surface area (Å²) in [5.74, 6) is 0. The highest BCUT2D eigenvalue weighted by molar-refractivity contribution is 5.68. The van der Waals surface area contributed by atoms with Gasteiger partial charge in [0.25, 0.3) is 0 Å². The van der Waals surface area contributed by atoms with Crippen molar-refractivity contribution in [2.24, 2.45) is 0 Å². The van der Waals surface area contributed by atoms with Gasteiger partial charge in [0.15, 0.2) is 0 Å². The predicted molar refractivity (Wildman–Crippen MR) is 103 cm³/mol. The summed E-state index contributed by atoms with van der Waals surface area (Å²) in [6.07, 6.45) is 4.56. The summed E-state index contributed by atoms with van der Waals surface area (Å²) < 4.78 is 5.40. The van der Waals surface area contributed by atoms with E-state index in [1.165, 1.54) is 0 Å². The second-order valence-corrected chi connectivity index (χ2v) is 8.13. The van der Waals surface area contributed by atoms with Crippen LogP contribution in [0.15, 0.2) is 42.7 Å². The van der Waals surface area contributed by atoms with Crippen molar-refractivity contribution < 1.29 is 14.6 Å². The number of aromatic nitrogens is 2. The van der Waals surface area contributed by atoms with E-state index >= 15 is 0 Å². The zero-order valence-electron chi connectivity index (χ0n) is 16.2. The van der Waals surface area contributed by atoms with Crippen LogP contribution >= 0.6 is 0 Å². The minimum atomic E-state index is -0.874. The van der Waals surface area contributed by atoms with Crippen LogP contribution in [-0.2, 0) is 11.2 Å². The van der Waals surface area contributed by atoms with Gasteiger partial charge in [-0.3, -0.25) is 9.97 Å². The molecule has 1 aromatic carbocycles. The van der Waals surface area contributed by atoms with E-state index in [-0.39, 0.29) is 6.09 Å². The summed E-state index contributed by atoms with van der Waals surface area (Å²) in [4.78, 5) is 22.8. The van der Waals surface area contributed by atoms with Gasteiger partial charge in [0, 0.05) is 31.3 Å². The molecule has 0 saturated carbocycles. The van der Waals surface area contributed by atoms with Crippen molar-refractivity contribution in [3.8, 4) is 11.3 Å². The largest absolute Gasteiger partial charge is 0.444 e. The molecule has 1 fully saturated rings. The zero-order valence-corrected chi connectivity index (χ0v) is 16.2. The number of rotatable bonds is 3. The SMILES string of the molecule is CC(C)(C)OC(=O)N1CCC(O)(Cc2cnc(-c3ccccc3)cn2)CC1. The highest BCUT2D eigenvalue weighted by atomic mass is 16.6. The van der Waals surface area contributed by atoms with Gasteiger partial charge < -0.3 is 14.7 Å². The van der Waals surface area contributed by atoms with Crippen LogP contribution < -0.4 is 0 Å². The maximum Gasteiger partial charge on any atom is 0.410 e. The minimum Gasteiger partial charge on any atom is -0.444 e. The molecule has 6 heteroatoms. The zero-order chi connectivity index (χ0) is 19.5. The van der Waals surface area contributed by atoms with Gasteiger partial charge >= 0.3 is 6.09 Å².